The first kappa shape index (κ1) is 15.8. The zero-order valence-corrected chi connectivity index (χ0v) is 15.6. The molecule has 2 N–H and O–H groups in total. The number of nitrogens with one attached hydrogen (secondary N) is 2. The Bertz CT molecular complexity index is 1100. The summed E-state index contributed by atoms with van der Waals surface area (Å²) in [6, 6.07) is 21.7. The van der Waals surface area contributed by atoms with Crippen LogP contribution < -0.4 is 4.72 Å². The Labute approximate surface area is 157 Å². The maximum Gasteiger partial charge on any atom is 0.0460 e. The SMILES string of the molecule is CN1CCc2c([nH]c3ccc(NSc4ccc5ccccc5c4)cc23)C1. The molecule has 0 bridgehead atoms. The van der Waals surface area contributed by atoms with Crippen molar-refractivity contribution in [2.45, 2.75) is 17.9 Å². The van der Waals surface area contributed by atoms with Crippen LogP contribution in [0.4, 0.5) is 5.69 Å². The second kappa shape index (κ2) is 6.38. The quantitative estimate of drug-likeness (QED) is 0.478. The lowest BCUT2D eigenvalue weighted by Gasteiger charge is -2.22. The molecule has 0 saturated carbocycles. The molecule has 0 radical (unpaired) electrons. The molecule has 0 unspecified atom stereocenters. The van der Waals surface area contributed by atoms with E-state index in [2.05, 4.69) is 82.3 Å². The predicted molar refractivity (Wildman–Crippen MR) is 112 cm³/mol. The van der Waals surface area contributed by atoms with Gasteiger partial charge in [-0.3, -0.25) is 0 Å². The number of rotatable bonds is 3. The molecule has 0 amide bonds. The fourth-order valence-electron chi connectivity index (χ4n) is 3.79. The Kier molecular flexibility index (Phi) is 3.88. The minimum absolute atomic E-state index is 1.01. The van der Waals surface area contributed by atoms with E-state index in [4.69, 9.17) is 0 Å². The summed E-state index contributed by atoms with van der Waals surface area (Å²) in [7, 11) is 2.18. The normalized spacial score (nSPS) is 14.7. The van der Waals surface area contributed by atoms with Gasteiger partial charge < -0.3 is 14.6 Å². The molecule has 1 aliphatic rings. The molecule has 0 atom stereocenters. The van der Waals surface area contributed by atoms with Gasteiger partial charge in [0.25, 0.3) is 0 Å². The molecule has 5 rings (SSSR count). The van der Waals surface area contributed by atoms with Crippen molar-refractivity contribution in [2.75, 3.05) is 18.3 Å². The van der Waals surface area contributed by atoms with Gasteiger partial charge in [-0.25, -0.2) is 0 Å². The van der Waals surface area contributed by atoms with Crippen LogP contribution in [0.3, 0.4) is 0 Å². The average molecular weight is 359 g/mol. The lowest BCUT2D eigenvalue weighted by atomic mass is 10.0. The van der Waals surface area contributed by atoms with Crippen LogP contribution in [0.1, 0.15) is 11.3 Å². The number of hydrogen-bond acceptors (Lipinski definition) is 3. The molecule has 130 valence electrons. The van der Waals surface area contributed by atoms with Crippen LogP contribution >= 0.6 is 11.9 Å². The van der Waals surface area contributed by atoms with Gasteiger partial charge >= 0.3 is 0 Å². The molecule has 0 fully saturated rings. The molecule has 3 nitrogen and oxygen atoms in total. The molecule has 0 saturated heterocycles. The van der Waals surface area contributed by atoms with Crippen molar-refractivity contribution in [3.05, 3.63) is 71.9 Å². The molecule has 0 aliphatic carbocycles. The van der Waals surface area contributed by atoms with Crippen molar-refractivity contribution in [2.24, 2.45) is 0 Å². The van der Waals surface area contributed by atoms with Gasteiger partial charge in [-0.05, 0) is 72.1 Å². The number of anilines is 1. The Morgan fingerprint density at radius 2 is 1.88 bits per heavy atom. The van der Waals surface area contributed by atoms with E-state index in [1.54, 1.807) is 11.9 Å². The van der Waals surface area contributed by atoms with E-state index in [0.29, 0.717) is 0 Å². The van der Waals surface area contributed by atoms with Gasteiger partial charge in [-0.2, -0.15) is 0 Å². The lowest BCUT2D eigenvalue weighted by Crippen LogP contribution is -2.26. The van der Waals surface area contributed by atoms with Gasteiger partial charge in [-0.15, -0.1) is 0 Å². The van der Waals surface area contributed by atoms with E-state index in [0.717, 1.165) is 25.2 Å². The van der Waals surface area contributed by atoms with Crippen molar-refractivity contribution in [1.29, 1.82) is 0 Å². The first-order valence-electron chi connectivity index (χ1n) is 9.00. The van der Waals surface area contributed by atoms with Gasteiger partial charge in [0.2, 0.25) is 0 Å². The third-order valence-electron chi connectivity index (χ3n) is 5.17. The summed E-state index contributed by atoms with van der Waals surface area (Å²) in [5.74, 6) is 0. The zero-order valence-electron chi connectivity index (χ0n) is 14.8. The first-order valence-corrected chi connectivity index (χ1v) is 9.81. The van der Waals surface area contributed by atoms with Crippen molar-refractivity contribution in [3.8, 4) is 0 Å². The summed E-state index contributed by atoms with van der Waals surface area (Å²) in [4.78, 5) is 7.18. The molecule has 2 heterocycles. The molecular formula is C22H21N3S. The van der Waals surface area contributed by atoms with E-state index in [9.17, 15) is 0 Å². The molecule has 4 heteroatoms. The summed E-state index contributed by atoms with van der Waals surface area (Å²) in [6.07, 6.45) is 1.12. The number of hydrogen-bond donors (Lipinski definition) is 2. The van der Waals surface area contributed by atoms with Crippen molar-refractivity contribution < 1.29 is 0 Å². The summed E-state index contributed by atoms with van der Waals surface area (Å²) in [5.41, 5.74) is 5.24. The number of H-pyrrole nitrogens is 1. The third-order valence-corrected chi connectivity index (χ3v) is 6.00. The molecule has 26 heavy (non-hydrogen) atoms. The second-order valence-corrected chi connectivity index (χ2v) is 7.92. The Morgan fingerprint density at radius 3 is 2.81 bits per heavy atom. The molecule has 1 aromatic heterocycles. The number of fused-ring (bicyclic) bond motifs is 4. The Balaban J connectivity index is 1.40. The average Bonchev–Trinajstić information content (AvgIpc) is 3.03. The van der Waals surface area contributed by atoms with Gasteiger partial charge in [0, 0.05) is 40.3 Å². The van der Waals surface area contributed by atoms with E-state index in [1.807, 2.05) is 0 Å². The molecular weight excluding hydrogens is 338 g/mol. The minimum atomic E-state index is 1.01. The molecule has 3 aromatic carbocycles. The smallest absolute Gasteiger partial charge is 0.0460 e. The van der Waals surface area contributed by atoms with Crippen LogP contribution in [-0.4, -0.2) is 23.5 Å². The largest absolute Gasteiger partial charge is 0.357 e. The van der Waals surface area contributed by atoms with Crippen LogP contribution in [-0.2, 0) is 13.0 Å². The second-order valence-electron chi connectivity index (χ2n) is 7.04. The van der Waals surface area contributed by atoms with Crippen LogP contribution in [0.2, 0.25) is 0 Å². The number of aromatic nitrogens is 1. The standard InChI is InChI=1S/C22H21N3S/c1-25-11-10-19-20-13-17(7-9-21(20)23-22(19)14-25)24-26-18-8-6-15-4-2-3-5-16(15)12-18/h2-9,12-13,23-24H,10-11,14H2,1H3. The first-order chi connectivity index (χ1) is 12.8. The van der Waals surface area contributed by atoms with E-state index >= 15 is 0 Å². The number of nitrogens with zero attached hydrogens (tertiary/aromatic N) is 1. The van der Waals surface area contributed by atoms with Crippen LogP contribution in [0.25, 0.3) is 21.7 Å². The third kappa shape index (κ3) is 2.85. The zero-order chi connectivity index (χ0) is 17.5. The number of aromatic amines is 1. The van der Waals surface area contributed by atoms with Crippen LogP contribution in [0.5, 0.6) is 0 Å². The Hall–Kier alpha value is -2.43. The Morgan fingerprint density at radius 1 is 1.00 bits per heavy atom. The van der Waals surface area contributed by atoms with Gasteiger partial charge in [-0.1, -0.05) is 30.3 Å². The fourth-order valence-corrected chi connectivity index (χ4v) is 4.47. The van der Waals surface area contributed by atoms with E-state index in [1.165, 1.54) is 37.8 Å². The fraction of sp³-hybridized carbons (Fsp3) is 0.182. The number of benzene rings is 3. The monoisotopic (exact) mass is 359 g/mol. The van der Waals surface area contributed by atoms with E-state index < -0.39 is 0 Å². The minimum Gasteiger partial charge on any atom is -0.357 e. The highest BCUT2D eigenvalue weighted by Crippen LogP contribution is 2.31. The van der Waals surface area contributed by atoms with E-state index in [-0.39, 0.29) is 0 Å². The predicted octanol–water partition coefficient (Wildman–Crippen LogP) is 5.43. The highest BCUT2D eigenvalue weighted by Gasteiger charge is 2.18. The maximum atomic E-state index is 3.59. The topological polar surface area (TPSA) is 31.1 Å². The number of likely N-dealkylation sites (N-methyl/N-ethyl adjacent to an activating group) is 1. The lowest BCUT2D eigenvalue weighted by molar-refractivity contribution is 0.310. The summed E-state index contributed by atoms with van der Waals surface area (Å²) < 4.78 is 3.52. The molecule has 1 aliphatic heterocycles. The summed E-state index contributed by atoms with van der Waals surface area (Å²) >= 11 is 1.67. The molecule has 0 spiro atoms. The van der Waals surface area contributed by atoms with Crippen molar-refractivity contribution >= 4 is 39.3 Å². The summed E-state index contributed by atoms with van der Waals surface area (Å²) in [5, 5.41) is 3.91. The van der Waals surface area contributed by atoms with Gasteiger partial charge in [0.1, 0.15) is 0 Å². The van der Waals surface area contributed by atoms with Crippen LogP contribution in [0.15, 0.2) is 65.6 Å². The maximum absolute atomic E-state index is 3.59. The summed E-state index contributed by atoms with van der Waals surface area (Å²) in [6.45, 7) is 2.14. The van der Waals surface area contributed by atoms with Gasteiger partial charge in [0.15, 0.2) is 0 Å². The van der Waals surface area contributed by atoms with Crippen molar-refractivity contribution in [3.63, 3.8) is 0 Å². The molecule has 4 aromatic rings. The van der Waals surface area contributed by atoms with Crippen molar-refractivity contribution in [1.82, 2.24) is 9.88 Å². The highest BCUT2D eigenvalue weighted by molar-refractivity contribution is 8.00. The van der Waals surface area contributed by atoms with Crippen LogP contribution in [0, 0.1) is 0 Å². The van der Waals surface area contributed by atoms with Gasteiger partial charge in [0.05, 0.1) is 0 Å². The highest BCUT2D eigenvalue weighted by atomic mass is 32.2.